The second-order valence-electron chi connectivity index (χ2n) is 5.30. The van der Waals surface area contributed by atoms with Crippen molar-refractivity contribution in [1.29, 1.82) is 0 Å². The van der Waals surface area contributed by atoms with E-state index in [1.54, 1.807) is 18.0 Å². The van der Waals surface area contributed by atoms with Crippen LogP contribution in [0.4, 0.5) is 0 Å². The van der Waals surface area contributed by atoms with E-state index < -0.39 is 0 Å². The number of thioether (sulfide) groups is 1. The highest BCUT2D eigenvalue weighted by atomic mass is 32.2. The highest BCUT2D eigenvalue weighted by Gasteiger charge is 2.05. The van der Waals surface area contributed by atoms with E-state index in [0.29, 0.717) is 12.1 Å². The lowest BCUT2D eigenvalue weighted by Gasteiger charge is -2.06. The number of rotatable bonds is 6. The fourth-order valence-electron chi connectivity index (χ4n) is 2.21. The largest absolute Gasteiger partial charge is 0.346 e. The molecule has 2 aromatic carbocycles. The van der Waals surface area contributed by atoms with Crippen LogP contribution in [0, 0.1) is 0 Å². The topological polar surface area (TPSA) is 42.0 Å². The third-order valence-electron chi connectivity index (χ3n) is 3.52. The summed E-state index contributed by atoms with van der Waals surface area (Å²) < 4.78 is 0. The number of carbonyl (C=O) groups excluding carboxylic acids is 1. The lowest BCUT2D eigenvalue weighted by atomic mass is 10.1. The Labute approximate surface area is 146 Å². The van der Waals surface area contributed by atoms with Gasteiger partial charge in [-0.1, -0.05) is 36.4 Å². The van der Waals surface area contributed by atoms with Crippen LogP contribution in [0.3, 0.4) is 0 Å². The Morgan fingerprint density at radius 1 is 0.917 bits per heavy atom. The highest BCUT2D eigenvalue weighted by Crippen LogP contribution is 2.22. The average Bonchev–Trinajstić information content (AvgIpc) is 2.66. The van der Waals surface area contributed by atoms with Gasteiger partial charge < -0.3 is 5.32 Å². The predicted octanol–water partition coefficient (Wildman–Crippen LogP) is 4.30. The predicted molar refractivity (Wildman–Crippen MR) is 97.9 cm³/mol. The lowest BCUT2D eigenvalue weighted by molar-refractivity contribution is 0.0950. The summed E-state index contributed by atoms with van der Waals surface area (Å²) in [5, 5.41) is 2.89. The van der Waals surface area contributed by atoms with Gasteiger partial charge in [0.15, 0.2) is 0 Å². The van der Waals surface area contributed by atoms with E-state index in [0.717, 1.165) is 11.4 Å². The summed E-state index contributed by atoms with van der Waals surface area (Å²) in [6.45, 7) is 0.436. The van der Waals surface area contributed by atoms with Crippen LogP contribution in [0.5, 0.6) is 0 Å². The standard InChI is InChI=1S/C20H18N2OS/c23-20(22-14-18-6-4-5-13-21-18)17-11-9-16(10-12-17)15-24-19-7-2-1-3-8-19/h1-13H,14-15H2,(H,22,23). The SMILES string of the molecule is O=C(NCc1ccccn1)c1ccc(CSc2ccccc2)cc1. The van der Waals surface area contributed by atoms with Crippen LogP contribution in [0.15, 0.2) is 83.9 Å². The molecule has 24 heavy (non-hydrogen) atoms. The Hall–Kier alpha value is -2.59. The molecule has 0 fully saturated rings. The van der Waals surface area contributed by atoms with Gasteiger partial charge in [0, 0.05) is 22.4 Å². The van der Waals surface area contributed by atoms with Gasteiger partial charge in [-0.2, -0.15) is 0 Å². The molecule has 0 aliphatic heterocycles. The molecule has 0 saturated carbocycles. The Bertz CT molecular complexity index is 774. The van der Waals surface area contributed by atoms with Gasteiger partial charge in [0.1, 0.15) is 0 Å². The summed E-state index contributed by atoms with van der Waals surface area (Å²) in [5.41, 5.74) is 2.71. The first kappa shape index (κ1) is 16.3. The van der Waals surface area contributed by atoms with Crippen LogP contribution >= 0.6 is 11.8 Å². The van der Waals surface area contributed by atoms with Crippen LogP contribution in [0.25, 0.3) is 0 Å². The number of nitrogens with zero attached hydrogens (tertiary/aromatic N) is 1. The first-order valence-corrected chi connectivity index (χ1v) is 8.75. The van der Waals surface area contributed by atoms with Gasteiger partial charge in [0.25, 0.3) is 5.91 Å². The molecule has 120 valence electrons. The van der Waals surface area contributed by atoms with Gasteiger partial charge in [0.05, 0.1) is 12.2 Å². The van der Waals surface area contributed by atoms with Crippen LogP contribution in [0.2, 0.25) is 0 Å². The smallest absolute Gasteiger partial charge is 0.251 e. The summed E-state index contributed by atoms with van der Waals surface area (Å²) in [7, 11) is 0. The average molecular weight is 334 g/mol. The molecular weight excluding hydrogens is 316 g/mol. The van der Waals surface area contributed by atoms with Crippen LogP contribution in [-0.2, 0) is 12.3 Å². The number of nitrogens with one attached hydrogen (secondary N) is 1. The van der Waals surface area contributed by atoms with Crippen molar-refractivity contribution in [3.8, 4) is 0 Å². The molecule has 3 nitrogen and oxygen atoms in total. The van der Waals surface area contributed by atoms with Crippen LogP contribution in [0.1, 0.15) is 21.6 Å². The van der Waals surface area contributed by atoms with Crippen molar-refractivity contribution >= 4 is 17.7 Å². The van der Waals surface area contributed by atoms with E-state index in [4.69, 9.17) is 0 Å². The third kappa shape index (κ3) is 4.70. The second-order valence-corrected chi connectivity index (χ2v) is 6.35. The maximum atomic E-state index is 12.2. The minimum absolute atomic E-state index is 0.0806. The van der Waals surface area contributed by atoms with Gasteiger partial charge in [-0.05, 0) is 42.0 Å². The molecule has 4 heteroatoms. The number of hydrogen-bond acceptors (Lipinski definition) is 3. The fourth-order valence-corrected chi connectivity index (χ4v) is 3.09. The van der Waals surface area contributed by atoms with E-state index in [2.05, 4.69) is 22.4 Å². The summed E-state index contributed by atoms with van der Waals surface area (Å²) >= 11 is 1.79. The highest BCUT2D eigenvalue weighted by molar-refractivity contribution is 7.98. The van der Waals surface area contributed by atoms with Gasteiger partial charge >= 0.3 is 0 Å². The Balaban J connectivity index is 1.53. The van der Waals surface area contributed by atoms with E-state index in [9.17, 15) is 4.79 Å². The molecule has 0 atom stereocenters. The Kier molecular flexibility index (Phi) is 5.64. The van der Waals surface area contributed by atoms with Gasteiger partial charge in [-0.15, -0.1) is 11.8 Å². The van der Waals surface area contributed by atoms with Crippen molar-refractivity contribution < 1.29 is 4.79 Å². The number of benzene rings is 2. The lowest BCUT2D eigenvalue weighted by Crippen LogP contribution is -2.23. The van der Waals surface area contributed by atoms with Crippen LogP contribution in [-0.4, -0.2) is 10.9 Å². The maximum Gasteiger partial charge on any atom is 0.251 e. The molecule has 0 saturated heterocycles. The number of carbonyl (C=O) groups is 1. The summed E-state index contributed by atoms with van der Waals surface area (Å²) in [6, 6.07) is 23.7. The van der Waals surface area contributed by atoms with Crippen molar-refractivity contribution in [3.05, 3.63) is 95.8 Å². The normalized spacial score (nSPS) is 10.3. The molecule has 0 unspecified atom stereocenters. The van der Waals surface area contributed by atoms with Crippen molar-refractivity contribution in [2.45, 2.75) is 17.2 Å². The molecule has 1 N–H and O–H groups in total. The summed E-state index contributed by atoms with van der Waals surface area (Å²) in [4.78, 5) is 17.6. The summed E-state index contributed by atoms with van der Waals surface area (Å²) in [6.07, 6.45) is 1.72. The molecule has 1 amide bonds. The number of hydrogen-bond donors (Lipinski definition) is 1. The minimum Gasteiger partial charge on any atom is -0.346 e. The Morgan fingerprint density at radius 3 is 2.38 bits per heavy atom. The molecule has 0 bridgehead atoms. The zero-order valence-corrected chi connectivity index (χ0v) is 14.0. The van der Waals surface area contributed by atoms with Gasteiger partial charge in [-0.3, -0.25) is 9.78 Å². The van der Waals surface area contributed by atoms with E-state index in [-0.39, 0.29) is 5.91 Å². The van der Waals surface area contributed by atoms with Crippen molar-refractivity contribution in [2.75, 3.05) is 0 Å². The maximum absolute atomic E-state index is 12.2. The molecule has 0 aliphatic carbocycles. The third-order valence-corrected chi connectivity index (χ3v) is 4.60. The molecule has 0 spiro atoms. The van der Waals surface area contributed by atoms with Crippen LogP contribution < -0.4 is 5.32 Å². The minimum atomic E-state index is -0.0806. The molecule has 1 aromatic heterocycles. The zero-order chi connectivity index (χ0) is 16.6. The molecule has 3 rings (SSSR count). The van der Waals surface area contributed by atoms with Crippen molar-refractivity contribution in [2.24, 2.45) is 0 Å². The van der Waals surface area contributed by atoms with Crippen molar-refractivity contribution in [1.82, 2.24) is 10.3 Å². The number of pyridine rings is 1. The summed E-state index contributed by atoms with van der Waals surface area (Å²) in [5.74, 6) is 0.808. The van der Waals surface area contributed by atoms with Gasteiger partial charge in [0.2, 0.25) is 0 Å². The quantitative estimate of drug-likeness (QED) is 0.683. The number of amides is 1. The van der Waals surface area contributed by atoms with Crippen molar-refractivity contribution in [3.63, 3.8) is 0 Å². The monoisotopic (exact) mass is 334 g/mol. The molecule has 1 heterocycles. The fraction of sp³-hybridized carbons (Fsp3) is 0.100. The molecule has 0 radical (unpaired) electrons. The molecule has 3 aromatic rings. The second kappa shape index (κ2) is 8.31. The number of aromatic nitrogens is 1. The molecular formula is C20H18N2OS. The first-order valence-electron chi connectivity index (χ1n) is 7.76. The van der Waals surface area contributed by atoms with E-state index >= 15 is 0 Å². The first-order chi connectivity index (χ1) is 11.8. The van der Waals surface area contributed by atoms with E-state index in [1.165, 1.54) is 10.5 Å². The van der Waals surface area contributed by atoms with Gasteiger partial charge in [-0.25, -0.2) is 0 Å². The zero-order valence-electron chi connectivity index (χ0n) is 13.2. The molecule has 0 aliphatic rings. The van der Waals surface area contributed by atoms with E-state index in [1.807, 2.05) is 60.7 Å². The Morgan fingerprint density at radius 2 is 1.67 bits per heavy atom.